The van der Waals surface area contributed by atoms with Crippen LogP contribution in [0.1, 0.15) is 49.7 Å². The van der Waals surface area contributed by atoms with Crippen molar-refractivity contribution in [2.24, 2.45) is 0 Å². The van der Waals surface area contributed by atoms with Gasteiger partial charge in [-0.1, -0.05) is 32.0 Å². The van der Waals surface area contributed by atoms with E-state index in [0.717, 1.165) is 22.7 Å². The van der Waals surface area contributed by atoms with Crippen molar-refractivity contribution in [3.63, 3.8) is 0 Å². The normalized spacial score (nSPS) is 10.8. The van der Waals surface area contributed by atoms with Gasteiger partial charge < -0.3 is 15.4 Å². The fourth-order valence-corrected chi connectivity index (χ4v) is 2.85. The molecule has 0 bridgehead atoms. The molecule has 3 aromatic rings. The molecule has 29 heavy (non-hydrogen) atoms. The van der Waals surface area contributed by atoms with Crippen LogP contribution in [0.5, 0.6) is 5.75 Å². The number of rotatable bonds is 7. The number of nitrogens with zero attached hydrogens (tertiary/aromatic N) is 2. The summed E-state index contributed by atoms with van der Waals surface area (Å²) < 4.78 is 5.63. The Bertz CT molecular complexity index is 951. The molecule has 0 unspecified atom stereocenters. The molecule has 6 nitrogen and oxygen atoms in total. The van der Waals surface area contributed by atoms with E-state index in [1.165, 1.54) is 6.20 Å². The van der Waals surface area contributed by atoms with Crippen LogP contribution in [0.3, 0.4) is 0 Å². The number of aromatic nitrogens is 2. The number of para-hydroxylation sites is 1. The molecular formula is C23H26N4O2. The molecule has 0 saturated heterocycles. The van der Waals surface area contributed by atoms with E-state index in [1.807, 2.05) is 62.4 Å². The van der Waals surface area contributed by atoms with Crippen LogP contribution in [0.4, 0.5) is 17.2 Å². The topological polar surface area (TPSA) is 76.1 Å². The predicted molar refractivity (Wildman–Crippen MR) is 116 cm³/mol. The number of carbonyl (C=O) groups excluding carboxylic acids is 1. The highest BCUT2D eigenvalue weighted by atomic mass is 16.5. The Balaban J connectivity index is 1.65. The predicted octanol–water partition coefficient (Wildman–Crippen LogP) is 5.38. The number of benzene rings is 2. The zero-order chi connectivity index (χ0) is 20.8. The maximum Gasteiger partial charge on any atom is 0.275 e. The Morgan fingerprint density at radius 2 is 1.66 bits per heavy atom. The summed E-state index contributed by atoms with van der Waals surface area (Å²) in [4.78, 5) is 21.1. The van der Waals surface area contributed by atoms with Crippen molar-refractivity contribution < 1.29 is 9.53 Å². The molecule has 1 amide bonds. The number of anilines is 3. The molecule has 0 aliphatic rings. The standard InChI is InChI=1S/C23H26N4O2/c1-15(2)19-7-5-6-8-20(19)27-23(28)21-13-25-22(14-24-21)26-17-9-11-18(12-10-17)29-16(3)4/h5-16H,1-4H3,(H,25,26)(H,27,28). The van der Waals surface area contributed by atoms with Crippen molar-refractivity contribution in [3.8, 4) is 5.75 Å². The summed E-state index contributed by atoms with van der Waals surface area (Å²) in [6, 6.07) is 15.4. The molecule has 1 heterocycles. The monoisotopic (exact) mass is 390 g/mol. The minimum absolute atomic E-state index is 0.130. The van der Waals surface area contributed by atoms with E-state index in [1.54, 1.807) is 6.20 Å². The van der Waals surface area contributed by atoms with Gasteiger partial charge in [0.15, 0.2) is 0 Å². The highest BCUT2D eigenvalue weighted by molar-refractivity contribution is 6.03. The van der Waals surface area contributed by atoms with Gasteiger partial charge in [0.25, 0.3) is 5.91 Å². The first-order valence-electron chi connectivity index (χ1n) is 9.68. The Kier molecular flexibility index (Phi) is 6.44. The highest BCUT2D eigenvalue weighted by Crippen LogP contribution is 2.24. The maximum absolute atomic E-state index is 12.5. The molecule has 0 fully saturated rings. The lowest BCUT2D eigenvalue weighted by Crippen LogP contribution is -2.15. The third-order valence-electron chi connectivity index (χ3n) is 4.21. The second-order valence-corrected chi connectivity index (χ2v) is 7.30. The smallest absolute Gasteiger partial charge is 0.275 e. The van der Waals surface area contributed by atoms with E-state index in [2.05, 4.69) is 34.4 Å². The van der Waals surface area contributed by atoms with E-state index in [-0.39, 0.29) is 17.7 Å². The fraction of sp³-hybridized carbons (Fsp3) is 0.261. The summed E-state index contributed by atoms with van der Waals surface area (Å²) in [5, 5.41) is 6.09. The molecule has 150 valence electrons. The second kappa shape index (κ2) is 9.19. The molecule has 0 atom stereocenters. The first-order valence-corrected chi connectivity index (χ1v) is 9.68. The van der Waals surface area contributed by atoms with E-state index in [0.29, 0.717) is 11.7 Å². The molecule has 0 aliphatic heterocycles. The van der Waals surface area contributed by atoms with Gasteiger partial charge in [-0.2, -0.15) is 0 Å². The van der Waals surface area contributed by atoms with Crippen molar-refractivity contribution >= 4 is 23.1 Å². The third-order valence-corrected chi connectivity index (χ3v) is 4.21. The zero-order valence-electron chi connectivity index (χ0n) is 17.1. The van der Waals surface area contributed by atoms with Crippen LogP contribution in [0.15, 0.2) is 60.9 Å². The van der Waals surface area contributed by atoms with Crippen LogP contribution in [-0.4, -0.2) is 22.0 Å². The quantitative estimate of drug-likeness (QED) is 0.566. The lowest BCUT2D eigenvalue weighted by Gasteiger charge is -2.13. The van der Waals surface area contributed by atoms with Crippen LogP contribution < -0.4 is 15.4 Å². The number of carbonyl (C=O) groups is 1. The lowest BCUT2D eigenvalue weighted by atomic mass is 10.0. The van der Waals surface area contributed by atoms with Crippen molar-refractivity contribution in [1.29, 1.82) is 0 Å². The molecule has 0 spiro atoms. The Labute approximate surface area is 171 Å². The summed E-state index contributed by atoms with van der Waals surface area (Å²) in [6.45, 7) is 8.15. The van der Waals surface area contributed by atoms with E-state index < -0.39 is 0 Å². The first kappa shape index (κ1) is 20.3. The van der Waals surface area contributed by atoms with E-state index >= 15 is 0 Å². The maximum atomic E-state index is 12.5. The summed E-state index contributed by atoms with van der Waals surface area (Å²) >= 11 is 0. The number of nitrogens with one attached hydrogen (secondary N) is 2. The summed E-state index contributed by atoms with van der Waals surface area (Å²) in [5.41, 5.74) is 2.99. The van der Waals surface area contributed by atoms with Gasteiger partial charge in [-0.25, -0.2) is 9.97 Å². The molecule has 0 aliphatic carbocycles. The Morgan fingerprint density at radius 1 is 0.931 bits per heavy atom. The molecular weight excluding hydrogens is 364 g/mol. The zero-order valence-corrected chi connectivity index (χ0v) is 17.1. The molecule has 0 radical (unpaired) electrons. The average Bonchev–Trinajstić information content (AvgIpc) is 2.70. The summed E-state index contributed by atoms with van der Waals surface area (Å²) in [6.07, 6.45) is 3.14. The molecule has 2 aromatic carbocycles. The highest BCUT2D eigenvalue weighted by Gasteiger charge is 2.12. The first-order chi connectivity index (χ1) is 13.9. The minimum Gasteiger partial charge on any atom is -0.491 e. The largest absolute Gasteiger partial charge is 0.491 e. The SMILES string of the molecule is CC(C)Oc1ccc(Nc2cnc(C(=O)Nc3ccccc3C(C)C)cn2)cc1. The second-order valence-electron chi connectivity index (χ2n) is 7.30. The molecule has 6 heteroatoms. The van der Waals surface area contributed by atoms with Gasteiger partial charge in [-0.3, -0.25) is 4.79 Å². The summed E-state index contributed by atoms with van der Waals surface area (Å²) in [5.74, 6) is 1.39. The van der Waals surface area contributed by atoms with Crippen LogP contribution >= 0.6 is 0 Å². The van der Waals surface area contributed by atoms with Gasteiger partial charge >= 0.3 is 0 Å². The van der Waals surface area contributed by atoms with Crippen LogP contribution in [0.2, 0.25) is 0 Å². The molecule has 1 aromatic heterocycles. The average molecular weight is 390 g/mol. The number of ether oxygens (including phenoxy) is 1. The van der Waals surface area contributed by atoms with Crippen molar-refractivity contribution in [1.82, 2.24) is 9.97 Å². The van der Waals surface area contributed by atoms with Gasteiger partial charge in [-0.15, -0.1) is 0 Å². The Morgan fingerprint density at radius 3 is 2.28 bits per heavy atom. The van der Waals surface area contributed by atoms with Crippen LogP contribution in [-0.2, 0) is 0 Å². The van der Waals surface area contributed by atoms with E-state index in [9.17, 15) is 4.79 Å². The van der Waals surface area contributed by atoms with Gasteiger partial charge in [-0.05, 0) is 55.7 Å². The van der Waals surface area contributed by atoms with E-state index in [4.69, 9.17) is 4.74 Å². The lowest BCUT2D eigenvalue weighted by molar-refractivity contribution is 0.102. The number of hydrogen-bond donors (Lipinski definition) is 2. The van der Waals surface area contributed by atoms with Crippen molar-refractivity contribution in [2.45, 2.75) is 39.7 Å². The van der Waals surface area contributed by atoms with Crippen molar-refractivity contribution in [3.05, 3.63) is 72.2 Å². The molecule has 3 rings (SSSR count). The Hall–Kier alpha value is -3.41. The minimum atomic E-state index is -0.285. The number of amides is 1. The van der Waals surface area contributed by atoms with Crippen LogP contribution in [0, 0.1) is 0 Å². The fourth-order valence-electron chi connectivity index (χ4n) is 2.85. The third kappa shape index (κ3) is 5.54. The van der Waals surface area contributed by atoms with Gasteiger partial charge in [0.1, 0.15) is 17.3 Å². The van der Waals surface area contributed by atoms with Gasteiger partial charge in [0.05, 0.1) is 18.5 Å². The van der Waals surface area contributed by atoms with Gasteiger partial charge in [0.2, 0.25) is 0 Å². The number of hydrogen-bond acceptors (Lipinski definition) is 5. The molecule has 2 N–H and O–H groups in total. The van der Waals surface area contributed by atoms with Crippen molar-refractivity contribution in [2.75, 3.05) is 10.6 Å². The summed E-state index contributed by atoms with van der Waals surface area (Å²) in [7, 11) is 0. The molecule has 0 saturated carbocycles. The van der Waals surface area contributed by atoms with Crippen LogP contribution in [0.25, 0.3) is 0 Å². The van der Waals surface area contributed by atoms with Gasteiger partial charge in [0, 0.05) is 11.4 Å².